The van der Waals surface area contributed by atoms with Gasteiger partial charge in [-0.05, 0) is 30.7 Å². The van der Waals surface area contributed by atoms with Gasteiger partial charge in [0.25, 0.3) is 5.91 Å². The van der Waals surface area contributed by atoms with Crippen LogP contribution in [0.3, 0.4) is 0 Å². The number of halogens is 1. The summed E-state index contributed by atoms with van der Waals surface area (Å²) in [5.74, 6) is -0.139. The Balaban J connectivity index is 2.08. The fourth-order valence-corrected chi connectivity index (χ4v) is 2.04. The predicted octanol–water partition coefficient (Wildman–Crippen LogP) is 2.57. The van der Waals surface area contributed by atoms with Crippen molar-refractivity contribution in [3.63, 3.8) is 0 Å². The fourth-order valence-electron chi connectivity index (χ4n) is 1.82. The lowest BCUT2D eigenvalue weighted by molar-refractivity contribution is 0.0950. The first-order valence-corrected chi connectivity index (χ1v) is 6.53. The largest absolute Gasteiger partial charge is 0.353 e. The maximum Gasteiger partial charge on any atom is 0.251 e. The molecule has 5 heteroatoms. The van der Waals surface area contributed by atoms with Gasteiger partial charge < -0.3 is 9.88 Å². The van der Waals surface area contributed by atoms with E-state index >= 15 is 0 Å². The maximum absolute atomic E-state index is 12.1. The number of pyridine rings is 1. The van der Waals surface area contributed by atoms with Crippen molar-refractivity contribution in [3.8, 4) is 0 Å². The molecule has 0 spiro atoms. The number of hydrogen-bond acceptors (Lipinski definition) is 2. The lowest BCUT2D eigenvalue weighted by Gasteiger charge is -2.07. The summed E-state index contributed by atoms with van der Waals surface area (Å²) in [4.78, 5) is 16.2. The predicted molar refractivity (Wildman–Crippen MR) is 75.2 cm³/mol. The van der Waals surface area contributed by atoms with Crippen LogP contribution in [0.15, 0.2) is 30.5 Å². The lowest BCUT2D eigenvalue weighted by Crippen LogP contribution is -2.24. The zero-order chi connectivity index (χ0) is 13.8. The molecule has 0 saturated heterocycles. The Bertz CT molecular complexity index is 592. The second-order valence-corrected chi connectivity index (χ2v) is 4.70. The van der Waals surface area contributed by atoms with Gasteiger partial charge in [-0.15, -0.1) is 0 Å². The van der Waals surface area contributed by atoms with Crippen molar-refractivity contribution in [2.24, 2.45) is 7.05 Å². The molecule has 1 amide bonds. The summed E-state index contributed by atoms with van der Waals surface area (Å²) >= 11 is 5.90. The Morgan fingerprint density at radius 1 is 1.47 bits per heavy atom. The van der Waals surface area contributed by atoms with E-state index in [1.807, 2.05) is 36.9 Å². The van der Waals surface area contributed by atoms with Crippen LogP contribution in [-0.4, -0.2) is 15.5 Å². The molecule has 0 saturated carbocycles. The summed E-state index contributed by atoms with van der Waals surface area (Å²) in [5.41, 5.74) is 2.41. The van der Waals surface area contributed by atoms with E-state index in [0.717, 1.165) is 17.8 Å². The van der Waals surface area contributed by atoms with E-state index < -0.39 is 0 Å². The number of carbonyl (C=O) groups excluding carboxylic acids is 1. The van der Waals surface area contributed by atoms with Crippen LogP contribution >= 0.6 is 11.6 Å². The summed E-state index contributed by atoms with van der Waals surface area (Å²) in [6.45, 7) is 2.47. The number of aromatic nitrogens is 2. The number of nitrogens with zero attached hydrogens (tertiary/aromatic N) is 2. The molecule has 0 aliphatic heterocycles. The van der Waals surface area contributed by atoms with Crippen molar-refractivity contribution in [2.75, 3.05) is 0 Å². The second-order valence-electron chi connectivity index (χ2n) is 4.32. The fraction of sp³-hybridized carbons (Fsp3) is 0.286. The Kier molecular flexibility index (Phi) is 4.22. The highest BCUT2D eigenvalue weighted by Gasteiger charge is 2.09. The molecule has 0 fully saturated rings. The van der Waals surface area contributed by atoms with Crippen LogP contribution < -0.4 is 5.32 Å². The average Bonchev–Trinajstić information content (AvgIpc) is 2.80. The highest BCUT2D eigenvalue weighted by atomic mass is 35.5. The van der Waals surface area contributed by atoms with E-state index in [1.165, 1.54) is 0 Å². The third-order valence-corrected chi connectivity index (χ3v) is 3.15. The van der Waals surface area contributed by atoms with Gasteiger partial charge in [0.2, 0.25) is 0 Å². The van der Waals surface area contributed by atoms with Crippen LogP contribution in [-0.2, 0) is 20.0 Å². The van der Waals surface area contributed by atoms with E-state index in [0.29, 0.717) is 17.3 Å². The lowest BCUT2D eigenvalue weighted by atomic mass is 10.2. The number of nitrogens with one attached hydrogen (secondary N) is 1. The van der Waals surface area contributed by atoms with E-state index in [-0.39, 0.29) is 5.91 Å². The monoisotopic (exact) mass is 277 g/mol. The van der Waals surface area contributed by atoms with Gasteiger partial charge in [-0.3, -0.25) is 4.79 Å². The molecule has 2 aromatic rings. The van der Waals surface area contributed by atoms with Gasteiger partial charge in [-0.2, -0.15) is 0 Å². The van der Waals surface area contributed by atoms with E-state index in [1.54, 1.807) is 12.1 Å². The third kappa shape index (κ3) is 3.35. The van der Waals surface area contributed by atoms with E-state index in [4.69, 9.17) is 11.6 Å². The molecule has 0 bridgehead atoms. The minimum atomic E-state index is -0.139. The number of aryl methyl sites for hydroxylation is 2. The highest BCUT2D eigenvalue weighted by molar-refractivity contribution is 6.29. The van der Waals surface area contributed by atoms with Gasteiger partial charge in [-0.1, -0.05) is 18.5 Å². The molecule has 4 nitrogen and oxygen atoms in total. The topological polar surface area (TPSA) is 46.9 Å². The first kappa shape index (κ1) is 13.6. The molecule has 2 heterocycles. The standard InChI is InChI=1S/C14H16ClN3O/c1-3-11-7-10(8-13(15)17-11)14(19)16-9-12-5-4-6-18(12)2/h4-8H,3,9H2,1-2H3,(H,16,19). The average molecular weight is 278 g/mol. The normalized spacial score (nSPS) is 10.5. The van der Waals surface area contributed by atoms with Gasteiger partial charge in [0, 0.05) is 30.2 Å². The number of amides is 1. The summed E-state index contributed by atoms with van der Waals surface area (Å²) in [5, 5.41) is 3.22. The zero-order valence-corrected chi connectivity index (χ0v) is 11.7. The van der Waals surface area contributed by atoms with E-state index in [9.17, 15) is 4.79 Å². The Labute approximate surface area is 117 Å². The number of rotatable bonds is 4. The Hall–Kier alpha value is -1.81. The number of hydrogen-bond donors (Lipinski definition) is 1. The number of carbonyl (C=O) groups is 1. The van der Waals surface area contributed by atoms with Crippen molar-refractivity contribution < 1.29 is 4.79 Å². The van der Waals surface area contributed by atoms with Crippen LogP contribution in [0.5, 0.6) is 0 Å². The van der Waals surface area contributed by atoms with Gasteiger partial charge in [0.15, 0.2) is 0 Å². The molecule has 0 radical (unpaired) electrons. The Morgan fingerprint density at radius 2 is 2.26 bits per heavy atom. The molecule has 0 atom stereocenters. The molecule has 19 heavy (non-hydrogen) atoms. The molecular formula is C14H16ClN3O. The molecule has 100 valence electrons. The van der Waals surface area contributed by atoms with Crippen LogP contribution in [0.2, 0.25) is 5.15 Å². The van der Waals surface area contributed by atoms with Crippen molar-refractivity contribution in [3.05, 3.63) is 52.6 Å². The first-order valence-electron chi connectivity index (χ1n) is 6.15. The van der Waals surface area contributed by atoms with Crippen LogP contribution in [0.1, 0.15) is 28.7 Å². The summed E-state index contributed by atoms with van der Waals surface area (Å²) in [6.07, 6.45) is 2.69. The zero-order valence-electron chi connectivity index (χ0n) is 11.0. The molecule has 0 aliphatic rings. The van der Waals surface area contributed by atoms with Crippen LogP contribution in [0.4, 0.5) is 0 Å². The van der Waals surface area contributed by atoms with Crippen molar-refractivity contribution in [1.29, 1.82) is 0 Å². The van der Waals surface area contributed by atoms with Crippen LogP contribution in [0.25, 0.3) is 0 Å². The molecule has 0 aliphatic carbocycles. The van der Waals surface area contributed by atoms with Crippen LogP contribution in [0, 0.1) is 0 Å². The van der Waals surface area contributed by atoms with Crippen molar-refractivity contribution in [1.82, 2.24) is 14.9 Å². The molecule has 0 aromatic carbocycles. The van der Waals surface area contributed by atoms with Gasteiger partial charge >= 0.3 is 0 Å². The van der Waals surface area contributed by atoms with Gasteiger partial charge in [0.05, 0.1) is 6.54 Å². The second kappa shape index (κ2) is 5.89. The highest BCUT2D eigenvalue weighted by Crippen LogP contribution is 2.11. The van der Waals surface area contributed by atoms with Gasteiger partial charge in [-0.25, -0.2) is 4.98 Å². The molecule has 2 rings (SSSR count). The molecule has 2 aromatic heterocycles. The minimum absolute atomic E-state index is 0.139. The van der Waals surface area contributed by atoms with Crippen molar-refractivity contribution >= 4 is 17.5 Å². The van der Waals surface area contributed by atoms with Gasteiger partial charge in [0.1, 0.15) is 5.15 Å². The summed E-state index contributed by atoms with van der Waals surface area (Å²) in [7, 11) is 1.94. The summed E-state index contributed by atoms with van der Waals surface area (Å²) < 4.78 is 1.97. The first-order chi connectivity index (χ1) is 9.10. The third-order valence-electron chi connectivity index (χ3n) is 2.95. The maximum atomic E-state index is 12.1. The molecule has 0 unspecified atom stereocenters. The van der Waals surface area contributed by atoms with Crippen molar-refractivity contribution in [2.45, 2.75) is 19.9 Å². The molecule has 1 N–H and O–H groups in total. The summed E-state index contributed by atoms with van der Waals surface area (Å²) in [6, 6.07) is 7.27. The molecular weight excluding hydrogens is 262 g/mol. The smallest absolute Gasteiger partial charge is 0.251 e. The minimum Gasteiger partial charge on any atom is -0.353 e. The quantitative estimate of drug-likeness (QED) is 0.873. The Morgan fingerprint density at radius 3 is 2.89 bits per heavy atom. The van der Waals surface area contributed by atoms with E-state index in [2.05, 4.69) is 10.3 Å². The SMILES string of the molecule is CCc1cc(C(=O)NCc2cccn2C)cc(Cl)n1.